The van der Waals surface area contributed by atoms with Gasteiger partial charge in [-0.3, -0.25) is 10.0 Å². The van der Waals surface area contributed by atoms with Crippen LogP contribution in [0.5, 0.6) is 0 Å². The molecule has 0 radical (unpaired) electrons. The summed E-state index contributed by atoms with van der Waals surface area (Å²) >= 11 is 0. The van der Waals surface area contributed by atoms with E-state index in [1.807, 2.05) is 26.0 Å². The van der Waals surface area contributed by atoms with Crippen LogP contribution in [0.2, 0.25) is 0 Å². The normalized spacial score (nSPS) is 11.5. The highest BCUT2D eigenvalue weighted by molar-refractivity contribution is 5.86. The molecule has 0 bridgehead atoms. The fourth-order valence-electron chi connectivity index (χ4n) is 2.53. The summed E-state index contributed by atoms with van der Waals surface area (Å²) in [4.78, 5) is 23.6. The summed E-state index contributed by atoms with van der Waals surface area (Å²) in [5.41, 5.74) is 3.66. The molecule has 2 rings (SSSR count). The maximum absolute atomic E-state index is 12.0. The fraction of sp³-hybridized carbons (Fsp3) is 0.389. The number of carbonyl (C=O) groups is 2. The van der Waals surface area contributed by atoms with Crippen molar-refractivity contribution in [3.63, 3.8) is 0 Å². The topological polar surface area (TPSA) is 145 Å². The van der Waals surface area contributed by atoms with E-state index in [2.05, 4.69) is 27.0 Å². The molecule has 3 amide bonds. The average molecular weight is 385 g/mol. The Labute approximate surface area is 162 Å². The summed E-state index contributed by atoms with van der Waals surface area (Å²) in [5.74, 6) is -0.512. The zero-order valence-electron chi connectivity index (χ0n) is 15.7. The van der Waals surface area contributed by atoms with Gasteiger partial charge in [0.15, 0.2) is 0 Å². The number of amides is 3. The van der Waals surface area contributed by atoms with Crippen LogP contribution in [0.3, 0.4) is 0 Å². The van der Waals surface area contributed by atoms with Crippen LogP contribution in [0.15, 0.2) is 30.5 Å². The van der Waals surface area contributed by atoms with Crippen molar-refractivity contribution in [1.29, 1.82) is 5.26 Å². The molecule has 0 aliphatic rings. The Bertz CT molecular complexity index is 840. The molecule has 0 saturated carbocycles. The highest BCUT2D eigenvalue weighted by Gasteiger charge is 2.21. The van der Waals surface area contributed by atoms with Crippen LogP contribution in [0.4, 0.5) is 4.79 Å². The highest BCUT2D eigenvalue weighted by Crippen LogP contribution is 2.06. The number of nitriles is 1. The molecule has 28 heavy (non-hydrogen) atoms. The molecule has 1 aromatic carbocycles. The lowest BCUT2D eigenvalue weighted by molar-refractivity contribution is -0.131. The Balaban J connectivity index is 1.86. The molecule has 0 saturated heterocycles. The predicted octanol–water partition coefficient (Wildman–Crippen LogP) is 0.917. The number of hydrogen-bond donors (Lipinski definition) is 4. The Morgan fingerprint density at radius 3 is 2.61 bits per heavy atom. The van der Waals surface area contributed by atoms with Crippen LogP contribution < -0.4 is 16.1 Å². The van der Waals surface area contributed by atoms with Crippen LogP contribution in [0.25, 0.3) is 0 Å². The number of rotatable bonds is 8. The van der Waals surface area contributed by atoms with E-state index in [9.17, 15) is 9.59 Å². The van der Waals surface area contributed by atoms with Gasteiger partial charge in [-0.25, -0.2) is 15.0 Å². The number of carbonyl (C=O) groups excluding carboxylic acids is 2. The van der Waals surface area contributed by atoms with E-state index in [0.717, 1.165) is 5.56 Å². The summed E-state index contributed by atoms with van der Waals surface area (Å²) in [5, 5.41) is 30.7. The zero-order chi connectivity index (χ0) is 20.5. The largest absolute Gasteiger partial charge is 0.332 e. The number of hydroxylamine groups is 1. The van der Waals surface area contributed by atoms with Gasteiger partial charge in [-0.1, -0.05) is 31.2 Å². The van der Waals surface area contributed by atoms with E-state index in [-0.39, 0.29) is 12.5 Å². The summed E-state index contributed by atoms with van der Waals surface area (Å²) in [7, 11) is 0. The van der Waals surface area contributed by atoms with Crippen LogP contribution in [-0.2, 0) is 17.9 Å². The number of hydrogen-bond acceptors (Lipinski definition) is 6. The van der Waals surface area contributed by atoms with Crippen molar-refractivity contribution in [2.24, 2.45) is 5.92 Å². The second-order valence-corrected chi connectivity index (χ2v) is 6.70. The molecule has 10 nitrogen and oxygen atoms in total. The van der Waals surface area contributed by atoms with Gasteiger partial charge in [-0.15, -0.1) is 5.10 Å². The van der Waals surface area contributed by atoms with Crippen molar-refractivity contribution in [1.82, 2.24) is 31.1 Å². The van der Waals surface area contributed by atoms with Crippen LogP contribution >= 0.6 is 0 Å². The molecule has 148 valence electrons. The van der Waals surface area contributed by atoms with E-state index in [0.29, 0.717) is 24.2 Å². The summed E-state index contributed by atoms with van der Waals surface area (Å²) in [6.45, 7) is 4.43. The van der Waals surface area contributed by atoms with Crippen molar-refractivity contribution < 1.29 is 14.8 Å². The van der Waals surface area contributed by atoms with Gasteiger partial charge in [0.2, 0.25) is 0 Å². The molecule has 0 fully saturated rings. The summed E-state index contributed by atoms with van der Waals surface area (Å²) in [6.07, 6.45) is 2.09. The minimum Gasteiger partial charge on any atom is -0.332 e. The van der Waals surface area contributed by atoms with E-state index in [1.165, 1.54) is 0 Å². The maximum atomic E-state index is 12.0. The van der Waals surface area contributed by atoms with Gasteiger partial charge in [0.05, 0.1) is 30.9 Å². The van der Waals surface area contributed by atoms with Crippen LogP contribution in [0, 0.1) is 17.2 Å². The average Bonchev–Trinajstić information content (AvgIpc) is 3.13. The number of urea groups is 1. The lowest BCUT2D eigenvalue weighted by Gasteiger charge is -2.18. The minimum absolute atomic E-state index is 0.133. The van der Waals surface area contributed by atoms with Crippen molar-refractivity contribution in [2.45, 2.75) is 39.4 Å². The first kappa shape index (κ1) is 20.9. The molecular formula is C18H23N7O3. The van der Waals surface area contributed by atoms with Gasteiger partial charge >= 0.3 is 6.03 Å². The molecule has 4 N–H and O–H groups in total. The van der Waals surface area contributed by atoms with Gasteiger partial charge in [-0.2, -0.15) is 5.26 Å². The van der Waals surface area contributed by atoms with Gasteiger partial charge in [0, 0.05) is 0 Å². The SMILES string of the molecule is CC(C)C[C@H](NC(=O)NCc1cn(Cc2ccc(C#N)cc2)nn1)C(=O)NO. The van der Waals surface area contributed by atoms with E-state index in [4.69, 9.17) is 10.5 Å². The third-order valence-corrected chi connectivity index (χ3v) is 3.88. The Hall–Kier alpha value is -3.45. The maximum Gasteiger partial charge on any atom is 0.315 e. The predicted molar refractivity (Wildman–Crippen MR) is 98.8 cm³/mol. The number of nitrogens with zero attached hydrogens (tertiary/aromatic N) is 4. The molecule has 0 spiro atoms. The summed E-state index contributed by atoms with van der Waals surface area (Å²) < 4.78 is 1.62. The zero-order valence-corrected chi connectivity index (χ0v) is 15.7. The molecule has 1 atom stereocenters. The van der Waals surface area contributed by atoms with Crippen molar-refractivity contribution in [3.05, 3.63) is 47.3 Å². The minimum atomic E-state index is -0.836. The van der Waals surface area contributed by atoms with Gasteiger partial charge in [-0.05, 0) is 30.0 Å². The lowest BCUT2D eigenvalue weighted by atomic mass is 10.0. The summed E-state index contributed by atoms with van der Waals surface area (Å²) in [6, 6.07) is 7.82. The van der Waals surface area contributed by atoms with Crippen molar-refractivity contribution in [3.8, 4) is 6.07 Å². The quantitative estimate of drug-likeness (QED) is 0.393. The molecule has 0 aliphatic carbocycles. The monoisotopic (exact) mass is 385 g/mol. The van der Waals surface area contributed by atoms with Crippen molar-refractivity contribution >= 4 is 11.9 Å². The van der Waals surface area contributed by atoms with Gasteiger partial charge in [0.1, 0.15) is 11.7 Å². The number of nitrogens with one attached hydrogen (secondary N) is 3. The highest BCUT2D eigenvalue weighted by atomic mass is 16.5. The van der Waals surface area contributed by atoms with Crippen LogP contribution in [-0.4, -0.2) is 38.2 Å². The van der Waals surface area contributed by atoms with E-state index in [1.54, 1.807) is 28.5 Å². The molecule has 1 aromatic heterocycles. The molecule has 2 aromatic rings. The second kappa shape index (κ2) is 10.0. The smallest absolute Gasteiger partial charge is 0.315 e. The first-order valence-electron chi connectivity index (χ1n) is 8.77. The first-order chi connectivity index (χ1) is 13.4. The third kappa shape index (κ3) is 6.37. The molecule has 10 heteroatoms. The molecule has 1 heterocycles. The Morgan fingerprint density at radius 1 is 1.29 bits per heavy atom. The molecule has 0 aliphatic heterocycles. The molecule has 0 unspecified atom stereocenters. The molecular weight excluding hydrogens is 362 g/mol. The lowest BCUT2D eigenvalue weighted by Crippen LogP contribution is -2.49. The standard InChI is InChI=1S/C18H23N7O3/c1-12(2)7-16(17(26)23-28)21-18(27)20-9-15-11-25(24-22-15)10-14-5-3-13(8-19)4-6-14/h3-6,11-12,16,28H,7,9-10H2,1-2H3,(H,23,26)(H2,20,21,27)/t16-/m0/s1. The Kier molecular flexibility index (Phi) is 7.47. The van der Waals surface area contributed by atoms with Crippen LogP contribution in [0.1, 0.15) is 37.1 Å². The fourth-order valence-corrected chi connectivity index (χ4v) is 2.53. The first-order valence-corrected chi connectivity index (χ1v) is 8.77. The number of benzene rings is 1. The van der Waals surface area contributed by atoms with Gasteiger partial charge < -0.3 is 10.6 Å². The van der Waals surface area contributed by atoms with Crippen molar-refractivity contribution in [2.75, 3.05) is 0 Å². The second-order valence-electron chi connectivity index (χ2n) is 6.70. The Morgan fingerprint density at radius 2 is 2.00 bits per heavy atom. The number of aromatic nitrogens is 3. The van der Waals surface area contributed by atoms with Gasteiger partial charge in [0.25, 0.3) is 5.91 Å². The van der Waals surface area contributed by atoms with E-state index < -0.39 is 18.0 Å². The van der Waals surface area contributed by atoms with E-state index >= 15 is 0 Å². The third-order valence-electron chi connectivity index (χ3n) is 3.88.